The van der Waals surface area contributed by atoms with E-state index >= 15 is 0 Å². The maximum Gasteiger partial charge on any atom is 0.116 e. The maximum atomic E-state index is 10.8. The summed E-state index contributed by atoms with van der Waals surface area (Å²) in [4.78, 5) is 2.69. The van der Waals surface area contributed by atoms with Gasteiger partial charge in [-0.15, -0.1) is 0 Å². The molecule has 8 heteroatoms. The van der Waals surface area contributed by atoms with Crippen LogP contribution in [-0.4, -0.2) is 21.4 Å². The smallest absolute Gasteiger partial charge is 0.116 e. The van der Waals surface area contributed by atoms with Crippen LogP contribution in [0.4, 0.5) is 0 Å². The van der Waals surface area contributed by atoms with Gasteiger partial charge in [0, 0.05) is 32.9 Å². The summed E-state index contributed by atoms with van der Waals surface area (Å²) in [5.41, 5.74) is 7.46. The highest BCUT2D eigenvalue weighted by atomic mass is 35.5. The van der Waals surface area contributed by atoms with Gasteiger partial charge in [0.1, 0.15) is 5.60 Å². The van der Waals surface area contributed by atoms with E-state index in [4.69, 9.17) is 28.7 Å². The van der Waals surface area contributed by atoms with E-state index in [9.17, 15) is 5.11 Å². The number of hydrogen-bond acceptors (Lipinski definition) is 3. The zero-order valence-electron chi connectivity index (χ0n) is 10.3. The zero-order chi connectivity index (χ0) is 14.6. The Bertz CT molecular complexity index is 639. The van der Waals surface area contributed by atoms with E-state index in [1.54, 1.807) is 30.6 Å². The minimum atomic E-state index is -1.46. The van der Waals surface area contributed by atoms with E-state index in [1.807, 2.05) is 0 Å². The average molecular weight is 312 g/mol. The van der Waals surface area contributed by atoms with Crippen molar-refractivity contribution < 1.29 is 5.11 Å². The number of azide groups is 1. The normalized spacial score (nSPS) is 13.6. The second-order valence-electron chi connectivity index (χ2n) is 4.25. The van der Waals surface area contributed by atoms with Crippen LogP contribution < -0.4 is 0 Å². The Balaban J connectivity index is 2.42. The van der Waals surface area contributed by atoms with Crippen LogP contribution in [0.25, 0.3) is 10.4 Å². The van der Waals surface area contributed by atoms with E-state index in [1.165, 1.54) is 10.7 Å². The fourth-order valence-corrected chi connectivity index (χ4v) is 2.48. The van der Waals surface area contributed by atoms with E-state index in [0.29, 0.717) is 15.6 Å². The molecule has 0 radical (unpaired) electrons. The maximum absolute atomic E-state index is 10.8. The van der Waals surface area contributed by atoms with E-state index < -0.39 is 5.60 Å². The molecule has 0 spiro atoms. The molecule has 1 unspecified atom stereocenters. The first-order chi connectivity index (χ1) is 9.55. The van der Waals surface area contributed by atoms with E-state index in [-0.39, 0.29) is 13.1 Å². The lowest BCUT2D eigenvalue weighted by Crippen LogP contribution is -2.35. The molecule has 0 fully saturated rings. The second-order valence-corrected chi connectivity index (χ2v) is 5.09. The fraction of sp³-hybridized carbons (Fsp3) is 0.250. The van der Waals surface area contributed by atoms with Gasteiger partial charge >= 0.3 is 0 Å². The molecule has 1 atom stereocenters. The minimum absolute atomic E-state index is 0.111. The summed E-state index contributed by atoms with van der Waals surface area (Å²) in [6, 6.07) is 6.49. The van der Waals surface area contributed by atoms with Gasteiger partial charge in [0.2, 0.25) is 0 Å². The summed E-state index contributed by atoms with van der Waals surface area (Å²) >= 11 is 12.0. The molecular formula is C12H11Cl2N5O. The lowest BCUT2D eigenvalue weighted by Gasteiger charge is -2.28. The summed E-state index contributed by atoms with van der Waals surface area (Å²) in [6.07, 6.45) is 3.29. The second kappa shape index (κ2) is 6.15. The van der Waals surface area contributed by atoms with Gasteiger partial charge < -0.3 is 5.11 Å². The van der Waals surface area contributed by atoms with Gasteiger partial charge in [0.25, 0.3) is 0 Å². The number of halogens is 2. The molecule has 104 valence electrons. The summed E-state index contributed by atoms with van der Waals surface area (Å²) < 4.78 is 1.54. The standard InChI is InChI=1S/C12H11Cl2N5O/c13-9-2-3-10(11(14)6-9)12(20,7-16-18-15)8-19-5-1-4-17-19/h1-6,20H,7-8H2. The van der Waals surface area contributed by atoms with Gasteiger partial charge in [-0.3, -0.25) is 4.68 Å². The van der Waals surface area contributed by atoms with Crippen molar-refractivity contribution in [2.45, 2.75) is 12.1 Å². The molecule has 1 aromatic heterocycles. The topological polar surface area (TPSA) is 86.8 Å². The first kappa shape index (κ1) is 14.7. The van der Waals surface area contributed by atoms with Crippen LogP contribution in [0.2, 0.25) is 10.0 Å². The largest absolute Gasteiger partial charge is 0.383 e. The lowest BCUT2D eigenvalue weighted by molar-refractivity contribution is 0.0243. The summed E-state index contributed by atoms with van der Waals surface area (Å²) in [7, 11) is 0. The molecular weight excluding hydrogens is 301 g/mol. The van der Waals surface area contributed by atoms with Crippen molar-refractivity contribution in [1.29, 1.82) is 0 Å². The molecule has 0 aliphatic carbocycles. The highest BCUT2D eigenvalue weighted by Gasteiger charge is 2.31. The van der Waals surface area contributed by atoms with Crippen molar-refractivity contribution >= 4 is 23.2 Å². The summed E-state index contributed by atoms with van der Waals surface area (Å²) in [5, 5.41) is 19.1. The van der Waals surface area contributed by atoms with Crippen molar-refractivity contribution in [2.75, 3.05) is 6.54 Å². The minimum Gasteiger partial charge on any atom is -0.383 e. The highest BCUT2D eigenvalue weighted by Crippen LogP contribution is 2.32. The van der Waals surface area contributed by atoms with Crippen LogP contribution in [0.15, 0.2) is 41.8 Å². The van der Waals surface area contributed by atoms with E-state index in [2.05, 4.69) is 15.1 Å². The van der Waals surface area contributed by atoms with Gasteiger partial charge in [-0.2, -0.15) is 5.10 Å². The molecule has 0 bridgehead atoms. The van der Waals surface area contributed by atoms with Crippen LogP contribution in [0.3, 0.4) is 0 Å². The van der Waals surface area contributed by atoms with Crippen LogP contribution in [-0.2, 0) is 12.1 Å². The Kier molecular flexibility index (Phi) is 4.52. The molecule has 0 aliphatic rings. The number of hydrogen-bond donors (Lipinski definition) is 1. The van der Waals surface area contributed by atoms with E-state index in [0.717, 1.165) is 0 Å². The SMILES string of the molecule is [N-]=[N+]=NCC(O)(Cn1cccn1)c1ccc(Cl)cc1Cl. The molecule has 1 heterocycles. The molecule has 0 amide bonds. The monoisotopic (exact) mass is 311 g/mol. The Hall–Kier alpha value is -1.72. The zero-order valence-corrected chi connectivity index (χ0v) is 11.8. The molecule has 0 saturated carbocycles. The highest BCUT2D eigenvalue weighted by molar-refractivity contribution is 6.35. The number of aromatic nitrogens is 2. The Labute approximate surface area is 125 Å². The van der Waals surface area contributed by atoms with Gasteiger partial charge in [-0.05, 0) is 23.7 Å². The van der Waals surface area contributed by atoms with Gasteiger partial charge in [0.15, 0.2) is 0 Å². The predicted octanol–water partition coefficient (Wildman–Crippen LogP) is 3.39. The third-order valence-electron chi connectivity index (χ3n) is 2.81. The number of rotatable bonds is 5. The predicted molar refractivity (Wildman–Crippen MR) is 76.6 cm³/mol. The van der Waals surface area contributed by atoms with Crippen molar-refractivity contribution in [3.05, 3.63) is 62.7 Å². The first-order valence-corrected chi connectivity index (χ1v) is 6.47. The fourth-order valence-electron chi connectivity index (χ4n) is 1.90. The molecule has 20 heavy (non-hydrogen) atoms. The number of nitrogens with zero attached hydrogens (tertiary/aromatic N) is 5. The third kappa shape index (κ3) is 3.23. The van der Waals surface area contributed by atoms with Crippen LogP contribution in [0.5, 0.6) is 0 Å². The van der Waals surface area contributed by atoms with Crippen molar-refractivity contribution in [1.82, 2.24) is 9.78 Å². The third-order valence-corrected chi connectivity index (χ3v) is 3.36. The molecule has 0 saturated heterocycles. The van der Waals surface area contributed by atoms with Gasteiger partial charge in [0.05, 0.1) is 13.1 Å². The summed E-state index contributed by atoms with van der Waals surface area (Å²) in [6.45, 7) is -0.0505. The van der Waals surface area contributed by atoms with Crippen LogP contribution in [0, 0.1) is 0 Å². The molecule has 6 nitrogen and oxygen atoms in total. The molecule has 2 aromatic rings. The van der Waals surface area contributed by atoms with Gasteiger partial charge in [-0.1, -0.05) is 34.4 Å². The molecule has 1 N–H and O–H groups in total. The van der Waals surface area contributed by atoms with Gasteiger partial charge in [-0.25, -0.2) is 0 Å². The number of aliphatic hydroxyl groups is 1. The van der Waals surface area contributed by atoms with Crippen molar-refractivity contribution in [2.24, 2.45) is 5.11 Å². The Morgan fingerprint density at radius 1 is 1.45 bits per heavy atom. The molecule has 0 aliphatic heterocycles. The quantitative estimate of drug-likeness (QED) is 0.521. The first-order valence-electron chi connectivity index (χ1n) is 5.71. The van der Waals surface area contributed by atoms with Crippen molar-refractivity contribution in [3.63, 3.8) is 0 Å². The summed E-state index contributed by atoms with van der Waals surface area (Å²) in [5.74, 6) is 0. The molecule has 2 rings (SSSR count). The molecule has 1 aromatic carbocycles. The average Bonchev–Trinajstić information content (AvgIpc) is 2.88. The lowest BCUT2D eigenvalue weighted by atomic mass is 9.93. The number of benzene rings is 1. The Morgan fingerprint density at radius 3 is 2.85 bits per heavy atom. The Morgan fingerprint density at radius 2 is 2.25 bits per heavy atom. The van der Waals surface area contributed by atoms with Crippen LogP contribution in [0.1, 0.15) is 5.56 Å². The van der Waals surface area contributed by atoms with Crippen LogP contribution >= 0.6 is 23.2 Å². The van der Waals surface area contributed by atoms with Crippen molar-refractivity contribution in [3.8, 4) is 0 Å².